The zero-order valence-electron chi connectivity index (χ0n) is 14.0. The van der Waals surface area contributed by atoms with Gasteiger partial charge in [0.1, 0.15) is 0 Å². The molecule has 0 aromatic carbocycles. The Morgan fingerprint density at radius 3 is 1.84 bits per heavy atom. The minimum Gasteiger partial charge on any atom is -0.0651 e. The summed E-state index contributed by atoms with van der Waals surface area (Å²) in [6.45, 7) is 12.3. The molecule has 0 heteroatoms. The lowest BCUT2D eigenvalue weighted by atomic mass is 9.52. The molecule has 0 bridgehead atoms. The molecule has 0 aromatic rings. The zero-order valence-corrected chi connectivity index (χ0v) is 14.0. The first-order valence-electron chi connectivity index (χ1n) is 9.06. The van der Waals surface area contributed by atoms with Crippen molar-refractivity contribution in [2.24, 2.45) is 35.0 Å². The van der Waals surface area contributed by atoms with Crippen LogP contribution in [-0.2, 0) is 0 Å². The van der Waals surface area contributed by atoms with Crippen LogP contribution in [0.25, 0.3) is 0 Å². The van der Waals surface area contributed by atoms with Gasteiger partial charge in [-0.05, 0) is 73.5 Å². The van der Waals surface area contributed by atoms with Gasteiger partial charge in [-0.2, -0.15) is 0 Å². The number of hydrogen-bond donors (Lipinski definition) is 0. The molecule has 0 amide bonds. The summed E-state index contributed by atoms with van der Waals surface area (Å²) < 4.78 is 0. The summed E-state index contributed by atoms with van der Waals surface area (Å²) in [6.07, 6.45) is 11.9. The molecule has 0 nitrogen and oxygen atoms in total. The maximum absolute atomic E-state index is 2.54. The molecule has 2 rings (SSSR count). The van der Waals surface area contributed by atoms with Crippen molar-refractivity contribution < 1.29 is 0 Å². The SMILES string of the molecule is CCC(C)C(CC(C)C)C(CC)(C1CCC1)C1CC1. The van der Waals surface area contributed by atoms with Crippen LogP contribution in [0.5, 0.6) is 0 Å². The van der Waals surface area contributed by atoms with Crippen LogP contribution in [0.4, 0.5) is 0 Å². The Morgan fingerprint density at radius 1 is 0.947 bits per heavy atom. The highest BCUT2D eigenvalue weighted by Crippen LogP contribution is 2.63. The van der Waals surface area contributed by atoms with Gasteiger partial charge in [0.15, 0.2) is 0 Å². The fourth-order valence-corrected chi connectivity index (χ4v) is 5.12. The fraction of sp³-hybridized carbons (Fsp3) is 1.00. The molecule has 0 N–H and O–H groups in total. The van der Waals surface area contributed by atoms with Crippen LogP contribution in [-0.4, -0.2) is 0 Å². The largest absolute Gasteiger partial charge is 0.0651 e. The van der Waals surface area contributed by atoms with E-state index in [4.69, 9.17) is 0 Å². The van der Waals surface area contributed by atoms with E-state index >= 15 is 0 Å². The van der Waals surface area contributed by atoms with Crippen molar-refractivity contribution in [2.45, 2.75) is 86.0 Å². The summed E-state index contributed by atoms with van der Waals surface area (Å²) in [6, 6.07) is 0. The fourth-order valence-electron chi connectivity index (χ4n) is 5.12. The van der Waals surface area contributed by atoms with Gasteiger partial charge in [0, 0.05) is 0 Å². The Morgan fingerprint density at radius 2 is 1.53 bits per heavy atom. The third-order valence-electron chi connectivity index (χ3n) is 6.56. The highest BCUT2D eigenvalue weighted by molar-refractivity contribution is 5.04. The minimum atomic E-state index is 0.720. The predicted octanol–water partition coefficient (Wildman–Crippen LogP) is 6.30. The topological polar surface area (TPSA) is 0 Å². The van der Waals surface area contributed by atoms with Gasteiger partial charge in [-0.15, -0.1) is 0 Å². The maximum Gasteiger partial charge on any atom is -0.0213 e. The van der Waals surface area contributed by atoms with Crippen LogP contribution in [0.3, 0.4) is 0 Å². The molecule has 112 valence electrons. The molecule has 0 radical (unpaired) electrons. The lowest BCUT2D eigenvalue weighted by Crippen LogP contribution is -2.45. The monoisotopic (exact) mass is 264 g/mol. The van der Waals surface area contributed by atoms with Crippen LogP contribution in [0.15, 0.2) is 0 Å². The minimum absolute atomic E-state index is 0.720. The van der Waals surface area contributed by atoms with Gasteiger partial charge in [0.25, 0.3) is 0 Å². The molecule has 2 saturated carbocycles. The normalized spacial score (nSPS) is 26.8. The van der Waals surface area contributed by atoms with Crippen LogP contribution >= 0.6 is 0 Å². The molecule has 0 saturated heterocycles. The first-order chi connectivity index (χ1) is 9.06. The van der Waals surface area contributed by atoms with Crippen molar-refractivity contribution >= 4 is 0 Å². The van der Waals surface area contributed by atoms with Crippen molar-refractivity contribution in [1.29, 1.82) is 0 Å². The summed E-state index contributed by atoms with van der Waals surface area (Å²) in [7, 11) is 0. The third kappa shape index (κ3) is 2.88. The van der Waals surface area contributed by atoms with E-state index in [1.807, 2.05) is 0 Å². The van der Waals surface area contributed by atoms with E-state index in [1.165, 1.54) is 51.4 Å². The molecule has 0 aromatic heterocycles. The molecule has 2 aliphatic rings. The standard InChI is InChI=1S/C19H36/c1-6-15(5)18(13-14(3)4)19(7-2,17-11-12-17)16-9-8-10-16/h14-18H,6-13H2,1-5H3. The van der Waals surface area contributed by atoms with Gasteiger partial charge in [0.2, 0.25) is 0 Å². The molecule has 3 atom stereocenters. The van der Waals surface area contributed by atoms with Gasteiger partial charge >= 0.3 is 0 Å². The second kappa shape index (κ2) is 6.19. The van der Waals surface area contributed by atoms with Gasteiger partial charge in [-0.3, -0.25) is 0 Å². The Kier molecular flexibility index (Phi) is 5.01. The Bertz CT molecular complexity index is 272. The second-order valence-corrected chi connectivity index (χ2v) is 7.99. The lowest BCUT2D eigenvalue weighted by molar-refractivity contribution is -0.0416. The summed E-state index contributed by atoms with van der Waals surface area (Å²) in [5.74, 6) is 4.93. The van der Waals surface area contributed by atoms with Crippen molar-refractivity contribution in [3.05, 3.63) is 0 Å². The molecule has 2 fully saturated rings. The average molecular weight is 264 g/mol. The van der Waals surface area contributed by atoms with Crippen LogP contribution in [0, 0.1) is 35.0 Å². The Labute approximate surface area is 121 Å². The van der Waals surface area contributed by atoms with Crippen molar-refractivity contribution in [1.82, 2.24) is 0 Å². The van der Waals surface area contributed by atoms with Gasteiger partial charge in [-0.1, -0.05) is 47.5 Å². The summed E-state index contributed by atoms with van der Waals surface area (Å²) in [4.78, 5) is 0. The van der Waals surface area contributed by atoms with Gasteiger partial charge < -0.3 is 0 Å². The highest BCUT2D eigenvalue weighted by Gasteiger charge is 2.55. The van der Waals surface area contributed by atoms with Crippen LogP contribution < -0.4 is 0 Å². The Balaban J connectivity index is 2.25. The molecular weight excluding hydrogens is 228 g/mol. The van der Waals surface area contributed by atoms with Crippen molar-refractivity contribution in [3.8, 4) is 0 Å². The van der Waals surface area contributed by atoms with E-state index in [2.05, 4.69) is 34.6 Å². The van der Waals surface area contributed by atoms with Gasteiger partial charge in [0.05, 0.1) is 0 Å². The smallest absolute Gasteiger partial charge is 0.0213 e. The van der Waals surface area contributed by atoms with Gasteiger partial charge in [-0.25, -0.2) is 0 Å². The van der Waals surface area contributed by atoms with Crippen LogP contribution in [0.1, 0.15) is 86.0 Å². The number of hydrogen-bond acceptors (Lipinski definition) is 0. The highest BCUT2D eigenvalue weighted by atomic mass is 14.6. The van der Waals surface area contributed by atoms with E-state index < -0.39 is 0 Å². The molecule has 2 aliphatic carbocycles. The molecular formula is C19H36. The first kappa shape index (κ1) is 15.4. The lowest BCUT2D eigenvalue weighted by Gasteiger charge is -2.53. The third-order valence-corrected chi connectivity index (χ3v) is 6.56. The quantitative estimate of drug-likeness (QED) is 0.482. The maximum atomic E-state index is 2.54. The summed E-state index contributed by atoms with van der Waals surface area (Å²) in [5, 5.41) is 0. The summed E-state index contributed by atoms with van der Waals surface area (Å²) >= 11 is 0. The second-order valence-electron chi connectivity index (χ2n) is 7.99. The molecule has 0 aliphatic heterocycles. The van der Waals surface area contributed by atoms with E-state index in [9.17, 15) is 0 Å². The van der Waals surface area contributed by atoms with Crippen molar-refractivity contribution in [2.75, 3.05) is 0 Å². The van der Waals surface area contributed by atoms with Crippen LogP contribution in [0.2, 0.25) is 0 Å². The van der Waals surface area contributed by atoms with E-state index in [-0.39, 0.29) is 0 Å². The number of rotatable bonds is 8. The summed E-state index contributed by atoms with van der Waals surface area (Å²) in [5.41, 5.74) is 0.720. The first-order valence-corrected chi connectivity index (χ1v) is 9.06. The van der Waals surface area contributed by atoms with E-state index in [0.717, 1.165) is 35.0 Å². The predicted molar refractivity (Wildman–Crippen MR) is 85.2 cm³/mol. The van der Waals surface area contributed by atoms with E-state index in [0.29, 0.717) is 0 Å². The average Bonchev–Trinajstić information content (AvgIpc) is 3.14. The molecule has 0 spiro atoms. The zero-order chi connectivity index (χ0) is 14.0. The Hall–Kier alpha value is 0. The molecule has 0 heterocycles. The van der Waals surface area contributed by atoms with Crippen molar-refractivity contribution in [3.63, 3.8) is 0 Å². The molecule has 3 unspecified atom stereocenters. The van der Waals surface area contributed by atoms with E-state index in [1.54, 1.807) is 0 Å². The molecule has 19 heavy (non-hydrogen) atoms.